The summed E-state index contributed by atoms with van der Waals surface area (Å²) in [7, 11) is 0. The average molecular weight is 242 g/mol. The largest absolute Gasteiger partial charge is 0.394 e. The lowest BCUT2D eigenvalue weighted by atomic mass is 9.99. The van der Waals surface area contributed by atoms with E-state index in [-0.39, 0.29) is 17.4 Å². The van der Waals surface area contributed by atoms with Gasteiger partial charge in [0.2, 0.25) is 5.28 Å². The van der Waals surface area contributed by atoms with Crippen LogP contribution in [0.2, 0.25) is 5.28 Å². The first-order valence-corrected chi connectivity index (χ1v) is 5.92. The Morgan fingerprint density at radius 2 is 2.12 bits per heavy atom. The molecule has 1 saturated carbocycles. The third kappa shape index (κ3) is 2.44. The van der Waals surface area contributed by atoms with E-state index in [1.54, 1.807) is 0 Å². The fraction of sp³-hybridized carbons (Fsp3) is 0.636. The summed E-state index contributed by atoms with van der Waals surface area (Å²) in [6.07, 6.45) is 4.24. The molecular weight excluding hydrogens is 226 g/mol. The van der Waals surface area contributed by atoms with Gasteiger partial charge in [-0.15, -0.1) is 0 Å². The van der Waals surface area contributed by atoms with E-state index in [4.69, 9.17) is 11.6 Å². The summed E-state index contributed by atoms with van der Waals surface area (Å²) in [6, 6.07) is 1.85. The molecule has 0 unspecified atom stereocenters. The zero-order valence-electron chi connectivity index (χ0n) is 9.33. The second-order valence-electron chi connectivity index (χ2n) is 4.43. The Bertz CT molecular complexity index is 357. The van der Waals surface area contributed by atoms with Gasteiger partial charge < -0.3 is 10.4 Å². The predicted molar refractivity (Wildman–Crippen MR) is 63.7 cm³/mol. The molecule has 1 aromatic heterocycles. The molecule has 0 atom stereocenters. The quantitative estimate of drug-likeness (QED) is 0.797. The van der Waals surface area contributed by atoms with Gasteiger partial charge in [-0.05, 0) is 31.4 Å². The van der Waals surface area contributed by atoms with Gasteiger partial charge >= 0.3 is 0 Å². The van der Waals surface area contributed by atoms with Gasteiger partial charge in [-0.2, -0.15) is 0 Å². The summed E-state index contributed by atoms with van der Waals surface area (Å²) in [5.41, 5.74) is 0.609. The number of anilines is 1. The summed E-state index contributed by atoms with van der Waals surface area (Å²) in [6.45, 7) is 2.01. The Balaban J connectivity index is 2.18. The molecule has 16 heavy (non-hydrogen) atoms. The third-order valence-corrected chi connectivity index (χ3v) is 3.25. The standard InChI is InChI=1S/C11H16ClN3O/c1-8-6-9(14-10(12)13-8)15-11(7-16)4-2-3-5-11/h6,16H,2-5,7H2,1H3,(H,13,14,15). The van der Waals surface area contributed by atoms with Crippen molar-refractivity contribution in [3.05, 3.63) is 17.0 Å². The lowest BCUT2D eigenvalue weighted by Crippen LogP contribution is -2.39. The molecule has 2 rings (SSSR count). The van der Waals surface area contributed by atoms with Gasteiger partial charge in [0.15, 0.2) is 0 Å². The van der Waals surface area contributed by atoms with Crippen LogP contribution < -0.4 is 5.32 Å². The minimum Gasteiger partial charge on any atom is -0.394 e. The van der Waals surface area contributed by atoms with Crippen molar-refractivity contribution in [1.82, 2.24) is 9.97 Å². The van der Waals surface area contributed by atoms with Gasteiger partial charge in [0.05, 0.1) is 12.1 Å². The zero-order valence-corrected chi connectivity index (χ0v) is 10.1. The fourth-order valence-electron chi connectivity index (χ4n) is 2.24. The van der Waals surface area contributed by atoms with Crippen molar-refractivity contribution in [2.24, 2.45) is 0 Å². The zero-order chi connectivity index (χ0) is 11.6. The summed E-state index contributed by atoms with van der Waals surface area (Å²) >= 11 is 5.80. The molecule has 1 fully saturated rings. The Hall–Kier alpha value is -0.870. The maximum Gasteiger partial charge on any atom is 0.224 e. The van der Waals surface area contributed by atoms with Crippen LogP contribution in [0.3, 0.4) is 0 Å². The molecule has 2 N–H and O–H groups in total. The second kappa shape index (κ2) is 4.55. The molecule has 0 radical (unpaired) electrons. The molecule has 88 valence electrons. The summed E-state index contributed by atoms with van der Waals surface area (Å²) < 4.78 is 0. The molecular formula is C11H16ClN3O. The van der Waals surface area contributed by atoms with Crippen LogP contribution in [0.4, 0.5) is 5.82 Å². The maximum atomic E-state index is 9.48. The molecule has 1 aliphatic carbocycles. The van der Waals surface area contributed by atoms with E-state index in [9.17, 15) is 5.11 Å². The first-order valence-electron chi connectivity index (χ1n) is 5.54. The molecule has 0 saturated heterocycles. The minimum absolute atomic E-state index is 0.133. The van der Waals surface area contributed by atoms with Crippen molar-refractivity contribution in [2.75, 3.05) is 11.9 Å². The van der Waals surface area contributed by atoms with Crippen LogP contribution in [0.15, 0.2) is 6.07 Å². The van der Waals surface area contributed by atoms with E-state index in [2.05, 4.69) is 15.3 Å². The van der Waals surface area contributed by atoms with Gasteiger partial charge in [-0.3, -0.25) is 0 Å². The van der Waals surface area contributed by atoms with Gasteiger partial charge in [-0.25, -0.2) is 9.97 Å². The smallest absolute Gasteiger partial charge is 0.224 e. The monoisotopic (exact) mass is 241 g/mol. The highest BCUT2D eigenvalue weighted by Gasteiger charge is 2.33. The number of hydrogen-bond donors (Lipinski definition) is 2. The summed E-state index contributed by atoms with van der Waals surface area (Å²) in [5.74, 6) is 0.702. The first kappa shape index (κ1) is 11.6. The highest BCUT2D eigenvalue weighted by Crippen LogP contribution is 2.32. The molecule has 0 aliphatic heterocycles. The predicted octanol–water partition coefficient (Wildman–Crippen LogP) is 2.16. The maximum absolute atomic E-state index is 9.48. The molecule has 1 heterocycles. The van der Waals surface area contributed by atoms with Gasteiger partial charge in [-0.1, -0.05) is 12.8 Å². The first-order chi connectivity index (χ1) is 7.63. The number of nitrogens with one attached hydrogen (secondary N) is 1. The highest BCUT2D eigenvalue weighted by molar-refractivity contribution is 6.28. The van der Waals surface area contributed by atoms with Crippen LogP contribution in [0.25, 0.3) is 0 Å². The number of aromatic nitrogens is 2. The molecule has 4 nitrogen and oxygen atoms in total. The van der Waals surface area contributed by atoms with Crippen LogP contribution in [-0.4, -0.2) is 27.2 Å². The van der Waals surface area contributed by atoms with Crippen LogP contribution in [-0.2, 0) is 0 Å². The summed E-state index contributed by atoms with van der Waals surface area (Å²) in [5, 5.41) is 13.0. The number of halogens is 1. The van der Waals surface area contributed by atoms with E-state index in [1.165, 1.54) is 0 Å². The summed E-state index contributed by atoms with van der Waals surface area (Å²) in [4.78, 5) is 8.13. The fourth-order valence-corrected chi connectivity index (χ4v) is 2.47. The number of nitrogens with zero attached hydrogens (tertiary/aromatic N) is 2. The van der Waals surface area contributed by atoms with Crippen LogP contribution >= 0.6 is 11.6 Å². The number of aryl methyl sites for hydroxylation is 1. The Labute approximate surface area is 100 Å². The third-order valence-electron chi connectivity index (χ3n) is 3.08. The molecule has 0 spiro atoms. The van der Waals surface area contributed by atoms with Crippen molar-refractivity contribution in [3.8, 4) is 0 Å². The molecule has 0 aromatic carbocycles. The van der Waals surface area contributed by atoms with Crippen LogP contribution in [0, 0.1) is 6.92 Å². The molecule has 1 aromatic rings. The average Bonchev–Trinajstić information content (AvgIpc) is 2.65. The Morgan fingerprint density at radius 1 is 1.44 bits per heavy atom. The van der Waals surface area contributed by atoms with Crippen molar-refractivity contribution in [2.45, 2.75) is 38.1 Å². The lowest BCUT2D eigenvalue weighted by molar-refractivity contribution is 0.214. The van der Waals surface area contributed by atoms with Crippen LogP contribution in [0.5, 0.6) is 0 Å². The van der Waals surface area contributed by atoms with Crippen LogP contribution in [0.1, 0.15) is 31.4 Å². The van der Waals surface area contributed by atoms with E-state index < -0.39 is 0 Å². The number of aliphatic hydroxyl groups is 1. The second-order valence-corrected chi connectivity index (χ2v) is 4.77. The normalized spacial score (nSPS) is 18.7. The van der Waals surface area contributed by atoms with E-state index in [0.29, 0.717) is 5.82 Å². The van der Waals surface area contributed by atoms with E-state index >= 15 is 0 Å². The Kier molecular flexibility index (Phi) is 3.30. The minimum atomic E-state index is -0.218. The van der Waals surface area contributed by atoms with Crippen molar-refractivity contribution in [1.29, 1.82) is 0 Å². The van der Waals surface area contributed by atoms with E-state index in [0.717, 1.165) is 31.4 Å². The number of aliphatic hydroxyl groups excluding tert-OH is 1. The SMILES string of the molecule is Cc1cc(NC2(CO)CCCC2)nc(Cl)n1. The highest BCUT2D eigenvalue weighted by atomic mass is 35.5. The lowest BCUT2D eigenvalue weighted by Gasteiger charge is -2.28. The molecule has 0 bridgehead atoms. The molecule has 5 heteroatoms. The topological polar surface area (TPSA) is 58.0 Å². The molecule has 1 aliphatic rings. The molecule has 0 amide bonds. The van der Waals surface area contributed by atoms with Gasteiger partial charge in [0, 0.05) is 11.8 Å². The van der Waals surface area contributed by atoms with Crippen molar-refractivity contribution in [3.63, 3.8) is 0 Å². The number of hydrogen-bond acceptors (Lipinski definition) is 4. The van der Waals surface area contributed by atoms with Crippen molar-refractivity contribution < 1.29 is 5.11 Å². The van der Waals surface area contributed by atoms with E-state index in [1.807, 2.05) is 13.0 Å². The van der Waals surface area contributed by atoms with Gasteiger partial charge in [0.25, 0.3) is 0 Å². The Morgan fingerprint density at radius 3 is 2.69 bits per heavy atom. The number of rotatable bonds is 3. The van der Waals surface area contributed by atoms with Gasteiger partial charge in [0.1, 0.15) is 5.82 Å². The van der Waals surface area contributed by atoms with Crippen molar-refractivity contribution >= 4 is 17.4 Å².